The second kappa shape index (κ2) is 10.1. The Labute approximate surface area is 218 Å². The first-order chi connectivity index (χ1) is 17.9. The van der Waals surface area contributed by atoms with Crippen LogP contribution in [0.4, 0.5) is 17.3 Å². The summed E-state index contributed by atoms with van der Waals surface area (Å²) in [5.41, 5.74) is 8.33. The molecule has 2 aliphatic heterocycles. The monoisotopic (exact) mass is 498 g/mol. The Hall–Kier alpha value is -3.51. The molecule has 0 fully saturated rings. The van der Waals surface area contributed by atoms with E-state index in [2.05, 4.69) is 52.6 Å². The van der Waals surface area contributed by atoms with Gasteiger partial charge in [-0.05, 0) is 66.3 Å². The van der Waals surface area contributed by atoms with Crippen molar-refractivity contribution in [3.8, 4) is 17.3 Å². The quantitative estimate of drug-likeness (QED) is 0.389. The number of rotatable bonds is 7. The largest absolute Gasteiger partial charge is 0.395 e. The van der Waals surface area contributed by atoms with Crippen LogP contribution in [-0.4, -0.2) is 57.4 Å². The van der Waals surface area contributed by atoms with Gasteiger partial charge in [0, 0.05) is 48.5 Å². The molecule has 2 atom stereocenters. The van der Waals surface area contributed by atoms with E-state index in [1.165, 1.54) is 16.7 Å². The van der Waals surface area contributed by atoms with Gasteiger partial charge in [-0.2, -0.15) is 5.26 Å². The van der Waals surface area contributed by atoms with Gasteiger partial charge in [-0.25, -0.2) is 9.97 Å². The third-order valence-electron chi connectivity index (χ3n) is 7.90. The Balaban J connectivity index is 1.46. The lowest BCUT2D eigenvalue weighted by Crippen LogP contribution is -2.39. The summed E-state index contributed by atoms with van der Waals surface area (Å²) in [5.74, 6) is 0.500. The highest BCUT2D eigenvalue weighted by atomic mass is 16.3. The first kappa shape index (κ1) is 25.2. The molecule has 3 heterocycles. The molecule has 0 aliphatic carbocycles. The van der Waals surface area contributed by atoms with Gasteiger partial charge in [-0.3, -0.25) is 4.90 Å². The van der Waals surface area contributed by atoms with Crippen LogP contribution < -0.4 is 10.6 Å². The summed E-state index contributed by atoms with van der Waals surface area (Å²) in [6, 6.07) is 12.4. The Morgan fingerprint density at radius 3 is 2.84 bits per heavy atom. The molecule has 1 aromatic heterocycles. The van der Waals surface area contributed by atoms with Gasteiger partial charge in [0.25, 0.3) is 0 Å². The number of hydrogen-bond acceptors (Lipinski definition) is 8. The van der Waals surface area contributed by atoms with E-state index in [4.69, 9.17) is 4.98 Å². The summed E-state index contributed by atoms with van der Waals surface area (Å²) in [4.78, 5) is 11.6. The predicted octanol–water partition coefficient (Wildman–Crippen LogP) is 3.74. The molecule has 2 aliphatic rings. The lowest BCUT2D eigenvalue weighted by atomic mass is 9.83. The number of nitrogens with zero attached hydrogens (tertiary/aromatic N) is 4. The van der Waals surface area contributed by atoms with Crippen LogP contribution in [0.5, 0.6) is 0 Å². The Morgan fingerprint density at radius 2 is 2.11 bits per heavy atom. The van der Waals surface area contributed by atoms with E-state index in [0.29, 0.717) is 23.8 Å². The third kappa shape index (κ3) is 4.55. The number of nitrogens with one attached hydrogen (secondary N) is 2. The molecule has 2 aromatic carbocycles. The zero-order valence-electron chi connectivity index (χ0n) is 21.7. The summed E-state index contributed by atoms with van der Waals surface area (Å²) in [7, 11) is 0. The number of fused-ring (bicyclic) bond motifs is 2. The lowest BCUT2D eigenvalue weighted by molar-refractivity contribution is 0.123. The molecule has 3 aromatic rings. The fourth-order valence-corrected chi connectivity index (χ4v) is 5.53. The van der Waals surface area contributed by atoms with Gasteiger partial charge in [0.2, 0.25) is 5.95 Å². The third-order valence-corrected chi connectivity index (χ3v) is 7.90. The van der Waals surface area contributed by atoms with Crippen LogP contribution in [0.1, 0.15) is 48.6 Å². The Bertz CT molecular complexity index is 1370. The van der Waals surface area contributed by atoms with Crippen LogP contribution in [0.3, 0.4) is 0 Å². The van der Waals surface area contributed by atoms with Crippen molar-refractivity contribution in [3.05, 3.63) is 64.3 Å². The van der Waals surface area contributed by atoms with E-state index in [0.717, 1.165) is 48.4 Å². The number of aliphatic hydroxyl groups is 2. The summed E-state index contributed by atoms with van der Waals surface area (Å²) in [6.07, 6.45) is 3.57. The standard InChI is InChI=1S/C29H34N6O2/c1-4-22-23-8-10-35(18(2)15-36)14-19(23)5-6-26(22)34-28-31-9-7-25(33-28)20-11-21(13-30)27-24(12-20)29(3,17-37)16-32-27/h5-7,9,11-12,18,32,36-37H,4,8,10,14-17H2,1-3H3,(H,31,33,34)/t18?,29-/m1/s1. The summed E-state index contributed by atoms with van der Waals surface area (Å²) in [5, 5.41) is 36.1. The SMILES string of the molecule is CCc1c(Nc2nccc(-c3cc(C#N)c4c(c3)[C@@](C)(CO)CN4)n2)ccc2c1CCN(C(C)CO)C2. The second-order valence-corrected chi connectivity index (χ2v) is 10.4. The van der Waals surface area contributed by atoms with Crippen molar-refractivity contribution >= 4 is 17.3 Å². The normalized spacial score (nSPS) is 19.5. The molecular formula is C29H34N6O2. The van der Waals surface area contributed by atoms with Gasteiger partial charge >= 0.3 is 0 Å². The van der Waals surface area contributed by atoms with E-state index in [9.17, 15) is 15.5 Å². The first-order valence-electron chi connectivity index (χ1n) is 12.9. The van der Waals surface area contributed by atoms with Crippen LogP contribution >= 0.6 is 0 Å². The summed E-state index contributed by atoms with van der Waals surface area (Å²) < 4.78 is 0. The zero-order chi connectivity index (χ0) is 26.2. The minimum Gasteiger partial charge on any atom is -0.395 e. The summed E-state index contributed by atoms with van der Waals surface area (Å²) in [6.45, 7) is 8.74. The average molecular weight is 499 g/mol. The van der Waals surface area contributed by atoms with E-state index < -0.39 is 5.41 Å². The molecule has 37 heavy (non-hydrogen) atoms. The molecule has 8 heteroatoms. The van der Waals surface area contributed by atoms with Gasteiger partial charge in [0.1, 0.15) is 6.07 Å². The number of anilines is 3. The van der Waals surface area contributed by atoms with Crippen LogP contribution in [0.2, 0.25) is 0 Å². The number of aromatic nitrogens is 2. The minimum absolute atomic E-state index is 0.00725. The molecule has 192 valence electrons. The molecular weight excluding hydrogens is 464 g/mol. The second-order valence-electron chi connectivity index (χ2n) is 10.4. The molecule has 0 bridgehead atoms. The van der Waals surface area contributed by atoms with E-state index in [1.54, 1.807) is 6.20 Å². The van der Waals surface area contributed by atoms with Gasteiger partial charge in [0.15, 0.2) is 0 Å². The van der Waals surface area contributed by atoms with Crippen LogP contribution in [0, 0.1) is 11.3 Å². The van der Waals surface area contributed by atoms with E-state index in [1.807, 2.05) is 25.1 Å². The Morgan fingerprint density at radius 1 is 1.27 bits per heavy atom. The highest BCUT2D eigenvalue weighted by Gasteiger charge is 2.36. The molecule has 4 N–H and O–H groups in total. The van der Waals surface area contributed by atoms with Crippen molar-refractivity contribution in [2.24, 2.45) is 0 Å². The van der Waals surface area contributed by atoms with Gasteiger partial charge in [-0.1, -0.05) is 19.9 Å². The topological polar surface area (TPSA) is 117 Å². The van der Waals surface area contributed by atoms with Gasteiger partial charge in [0.05, 0.1) is 30.2 Å². The number of benzene rings is 2. The average Bonchev–Trinajstić information content (AvgIpc) is 3.28. The number of aliphatic hydroxyl groups excluding tert-OH is 2. The molecule has 0 saturated heterocycles. The summed E-state index contributed by atoms with van der Waals surface area (Å²) >= 11 is 0. The molecule has 0 radical (unpaired) electrons. The molecule has 0 saturated carbocycles. The predicted molar refractivity (Wildman–Crippen MR) is 145 cm³/mol. The number of nitriles is 1. The van der Waals surface area contributed by atoms with Gasteiger partial charge in [-0.15, -0.1) is 0 Å². The van der Waals surface area contributed by atoms with Crippen molar-refractivity contribution < 1.29 is 10.2 Å². The first-order valence-corrected chi connectivity index (χ1v) is 12.9. The van der Waals surface area contributed by atoms with Gasteiger partial charge < -0.3 is 20.8 Å². The van der Waals surface area contributed by atoms with Crippen molar-refractivity contribution in [1.82, 2.24) is 14.9 Å². The highest BCUT2D eigenvalue weighted by molar-refractivity contribution is 5.76. The molecule has 0 spiro atoms. The van der Waals surface area contributed by atoms with E-state index >= 15 is 0 Å². The molecule has 1 unspecified atom stereocenters. The van der Waals surface area contributed by atoms with Crippen molar-refractivity contribution in [3.63, 3.8) is 0 Å². The number of hydrogen-bond donors (Lipinski definition) is 4. The van der Waals surface area contributed by atoms with Crippen molar-refractivity contribution in [2.75, 3.05) is 36.9 Å². The highest BCUT2D eigenvalue weighted by Crippen LogP contribution is 2.41. The van der Waals surface area contributed by atoms with Crippen molar-refractivity contribution in [2.45, 2.75) is 51.6 Å². The Kier molecular flexibility index (Phi) is 6.86. The maximum atomic E-state index is 10.0. The smallest absolute Gasteiger partial charge is 0.227 e. The van der Waals surface area contributed by atoms with Crippen LogP contribution in [0.15, 0.2) is 36.5 Å². The maximum absolute atomic E-state index is 10.0. The molecule has 8 nitrogen and oxygen atoms in total. The maximum Gasteiger partial charge on any atom is 0.227 e. The lowest BCUT2D eigenvalue weighted by Gasteiger charge is -2.34. The molecule has 0 amide bonds. The fourth-order valence-electron chi connectivity index (χ4n) is 5.53. The van der Waals surface area contributed by atoms with Crippen LogP contribution in [0.25, 0.3) is 11.3 Å². The fraction of sp³-hybridized carbons (Fsp3) is 0.414. The molecule has 5 rings (SSSR count). The van der Waals surface area contributed by atoms with Crippen molar-refractivity contribution in [1.29, 1.82) is 5.26 Å². The minimum atomic E-state index is -0.450. The van der Waals surface area contributed by atoms with E-state index in [-0.39, 0.29) is 19.3 Å². The van der Waals surface area contributed by atoms with Crippen LogP contribution in [-0.2, 0) is 24.8 Å². The zero-order valence-corrected chi connectivity index (χ0v) is 21.7.